The van der Waals surface area contributed by atoms with Crippen molar-refractivity contribution in [1.82, 2.24) is 0 Å². The molecule has 6 heteroatoms. The Morgan fingerprint density at radius 3 is 2.57 bits per heavy atom. The lowest BCUT2D eigenvalue weighted by Gasteiger charge is -2.09. The summed E-state index contributed by atoms with van der Waals surface area (Å²) in [6.07, 6.45) is 0. The van der Waals surface area contributed by atoms with Gasteiger partial charge in [0.2, 0.25) is 0 Å². The van der Waals surface area contributed by atoms with Gasteiger partial charge in [0.15, 0.2) is 0 Å². The Morgan fingerprint density at radius 1 is 1.19 bits per heavy atom. The van der Waals surface area contributed by atoms with Gasteiger partial charge in [-0.25, -0.2) is 4.79 Å². The van der Waals surface area contributed by atoms with Crippen LogP contribution in [-0.2, 0) is 0 Å². The number of nitriles is 1. The number of nitrogens with one attached hydrogen (secondary N) is 1. The zero-order valence-corrected chi connectivity index (χ0v) is 11.4. The number of anilines is 1. The van der Waals surface area contributed by atoms with Gasteiger partial charge in [0.25, 0.3) is 5.91 Å². The Morgan fingerprint density at radius 2 is 1.90 bits per heavy atom. The summed E-state index contributed by atoms with van der Waals surface area (Å²) in [7, 11) is 0. The Hall–Kier alpha value is -2.84. The maximum absolute atomic E-state index is 12.1. The molecule has 0 unspecified atom stereocenters. The van der Waals surface area contributed by atoms with Crippen molar-refractivity contribution in [2.75, 3.05) is 5.32 Å². The highest BCUT2D eigenvalue weighted by molar-refractivity contribution is 6.34. The molecule has 0 spiro atoms. The fourth-order valence-corrected chi connectivity index (χ4v) is 2.03. The largest absolute Gasteiger partial charge is 0.478 e. The van der Waals surface area contributed by atoms with Gasteiger partial charge < -0.3 is 10.4 Å². The van der Waals surface area contributed by atoms with Crippen molar-refractivity contribution in [3.8, 4) is 6.07 Å². The summed E-state index contributed by atoms with van der Waals surface area (Å²) in [5, 5.41) is 20.5. The van der Waals surface area contributed by atoms with E-state index in [0.717, 1.165) is 0 Å². The van der Waals surface area contributed by atoms with E-state index in [9.17, 15) is 9.59 Å². The van der Waals surface area contributed by atoms with Crippen molar-refractivity contribution in [2.45, 2.75) is 0 Å². The van der Waals surface area contributed by atoms with E-state index in [1.807, 2.05) is 6.07 Å². The number of halogens is 1. The molecule has 2 rings (SSSR count). The van der Waals surface area contributed by atoms with E-state index >= 15 is 0 Å². The molecule has 0 aliphatic rings. The smallest absolute Gasteiger partial charge is 0.339 e. The van der Waals surface area contributed by atoms with Gasteiger partial charge >= 0.3 is 5.97 Å². The number of amides is 1. The predicted octanol–water partition coefficient (Wildman–Crippen LogP) is 3.16. The first-order chi connectivity index (χ1) is 10.0. The molecule has 5 nitrogen and oxygen atoms in total. The first-order valence-corrected chi connectivity index (χ1v) is 6.24. The van der Waals surface area contributed by atoms with Gasteiger partial charge in [-0.3, -0.25) is 4.79 Å². The van der Waals surface area contributed by atoms with E-state index in [2.05, 4.69) is 5.32 Å². The van der Waals surface area contributed by atoms with E-state index in [0.29, 0.717) is 5.56 Å². The average molecular weight is 301 g/mol. The van der Waals surface area contributed by atoms with Crippen LogP contribution < -0.4 is 5.32 Å². The van der Waals surface area contributed by atoms with Crippen LogP contribution in [0.1, 0.15) is 26.3 Å². The molecule has 0 saturated heterocycles. The third-order valence-electron chi connectivity index (χ3n) is 2.73. The van der Waals surface area contributed by atoms with E-state index in [1.165, 1.54) is 30.3 Å². The van der Waals surface area contributed by atoms with Crippen molar-refractivity contribution >= 4 is 29.2 Å². The Labute approximate surface area is 125 Å². The second-order valence-corrected chi connectivity index (χ2v) is 4.52. The number of hydrogen-bond acceptors (Lipinski definition) is 3. The molecule has 21 heavy (non-hydrogen) atoms. The summed E-state index contributed by atoms with van der Waals surface area (Å²) in [6, 6.07) is 12.4. The van der Waals surface area contributed by atoms with Crippen LogP contribution in [0.15, 0.2) is 42.5 Å². The second-order valence-electron chi connectivity index (χ2n) is 4.11. The van der Waals surface area contributed by atoms with E-state index < -0.39 is 11.9 Å². The van der Waals surface area contributed by atoms with Crippen LogP contribution in [0.3, 0.4) is 0 Å². The Balaban J connectivity index is 2.34. The standard InChI is InChI=1S/C15H9ClN2O3/c16-11-5-2-6-12(13(11)15(20)21)18-14(19)10-4-1-3-9(7-10)8-17/h1-7H,(H,18,19)(H,20,21). The molecule has 0 radical (unpaired) electrons. The highest BCUT2D eigenvalue weighted by Crippen LogP contribution is 2.24. The molecule has 0 fully saturated rings. The Bertz CT molecular complexity index is 766. The minimum Gasteiger partial charge on any atom is -0.478 e. The van der Waals surface area contributed by atoms with Crippen molar-refractivity contribution < 1.29 is 14.7 Å². The molecule has 0 aromatic heterocycles. The van der Waals surface area contributed by atoms with Gasteiger partial charge in [-0.15, -0.1) is 0 Å². The number of nitrogens with zero attached hydrogens (tertiary/aromatic N) is 1. The van der Waals surface area contributed by atoms with Crippen LogP contribution in [0.25, 0.3) is 0 Å². The zero-order valence-electron chi connectivity index (χ0n) is 10.6. The van der Waals surface area contributed by atoms with E-state index in [4.69, 9.17) is 22.0 Å². The minimum atomic E-state index is -1.23. The number of carbonyl (C=O) groups is 2. The van der Waals surface area contributed by atoms with Crippen molar-refractivity contribution in [3.63, 3.8) is 0 Å². The summed E-state index contributed by atoms with van der Waals surface area (Å²) in [4.78, 5) is 23.3. The molecule has 2 N–H and O–H groups in total. The fourth-order valence-electron chi connectivity index (χ4n) is 1.77. The van der Waals surface area contributed by atoms with Crippen molar-refractivity contribution in [3.05, 3.63) is 64.2 Å². The molecule has 0 bridgehead atoms. The fraction of sp³-hybridized carbons (Fsp3) is 0. The van der Waals surface area contributed by atoms with Gasteiger partial charge in [0.05, 0.1) is 22.3 Å². The van der Waals surface area contributed by atoms with Gasteiger partial charge in [0.1, 0.15) is 5.56 Å². The van der Waals surface area contributed by atoms with Gasteiger partial charge in [-0.1, -0.05) is 23.7 Å². The SMILES string of the molecule is N#Cc1cccc(C(=O)Nc2cccc(Cl)c2C(=O)O)c1. The molecule has 2 aromatic carbocycles. The second kappa shape index (κ2) is 6.07. The van der Waals surface area contributed by atoms with Crippen LogP contribution in [-0.4, -0.2) is 17.0 Å². The van der Waals surface area contributed by atoms with E-state index in [-0.39, 0.29) is 21.8 Å². The van der Waals surface area contributed by atoms with Crippen LogP contribution in [0.4, 0.5) is 5.69 Å². The lowest BCUT2D eigenvalue weighted by Crippen LogP contribution is -2.15. The van der Waals surface area contributed by atoms with Crippen LogP contribution in [0.2, 0.25) is 5.02 Å². The number of carboxylic acids is 1. The molecule has 0 aliphatic heterocycles. The first-order valence-electron chi connectivity index (χ1n) is 5.86. The molecule has 0 atom stereocenters. The van der Waals surface area contributed by atoms with Gasteiger partial charge in [-0.2, -0.15) is 5.26 Å². The highest BCUT2D eigenvalue weighted by atomic mass is 35.5. The third kappa shape index (κ3) is 3.19. The molecule has 104 valence electrons. The monoisotopic (exact) mass is 300 g/mol. The number of carbonyl (C=O) groups excluding carboxylic acids is 1. The number of aromatic carboxylic acids is 1. The molecule has 0 heterocycles. The number of rotatable bonds is 3. The van der Waals surface area contributed by atoms with Crippen LogP contribution >= 0.6 is 11.6 Å². The highest BCUT2D eigenvalue weighted by Gasteiger charge is 2.16. The molecular weight excluding hydrogens is 292 g/mol. The summed E-state index contributed by atoms with van der Waals surface area (Å²) in [5.41, 5.74) is 0.517. The molecule has 2 aromatic rings. The summed E-state index contributed by atoms with van der Waals surface area (Å²) < 4.78 is 0. The van der Waals surface area contributed by atoms with Crippen molar-refractivity contribution in [2.24, 2.45) is 0 Å². The molecule has 0 aliphatic carbocycles. The maximum Gasteiger partial charge on any atom is 0.339 e. The average Bonchev–Trinajstić information content (AvgIpc) is 2.47. The molecular formula is C15H9ClN2O3. The molecule has 0 saturated carbocycles. The normalized spacial score (nSPS) is 9.71. The first kappa shape index (κ1) is 14.6. The third-order valence-corrected chi connectivity index (χ3v) is 3.04. The van der Waals surface area contributed by atoms with Crippen molar-refractivity contribution in [1.29, 1.82) is 5.26 Å². The Kier molecular flexibility index (Phi) is 4.21. The zero-order chi connectivity index (χ0) is 15.4. The lowest BCUT2D eigenvalue weighted by molar-refractivity contribution is 0.0698. The van der Waals surface area contributed by atoms with Crippen LogP contribution in [0, 0.1) is 11.3 Å². The number of hydrogen-bond donors (Lipinski definition) is 2. The number of carboxylic acid groups (broad SMARTS) is 1. The van der Waals surface area contributed by atoms with Gasteiger partial charge in [0, 0.05) is 5.56 Å². The minimum absolute atomic E-state index is 0.0334. The molecule has 1 amide bonds. The quantitative estimate of drug-likeness (QED) is 0.911. The van der Waals surface area contributed by atoms with Crippen LogP contribution in [0.5, 0.6) is 0 Å². The predicted molar refractivity (Wildman–Crippen MR) is 77.5 cm³/mol. The summed E-state index contributed by atoms with van der Waals surface area (Å²) in [5.74, 6) is -1.75. The lowest BCUT2D eigenvalue weighted by atomic mass is 10.1. The summed E-state index contributed by atoms with van der Waals surface area (Å²) >= 11 is 5.83. The van der Waals surface area contributed by atoms with Gasteiger partial charge in [-0.05, 0) is 30.3 Å². The summed E-state index contributed by atoms with van der Waals surface area (Å²) in [6.45, 7) is 0. The topological polar surface area (TPSA) is 90.2 Å². The van der Waals surface area contributed by atoms with E-state index in [1.54, 1.807) is 12.1 Å². The maximum atomic E-state index is 12.1. The number of benzene rings is 2.